The highest BCUT2D eigenvalue weighted by Gasteiger charge is 2.46. The molecule has 0 spiro atoms. The Balaban J connectivity index is 2.90. The van der Waals surface area contributed by atoms with E-state index < -0.39 is 5.41 Å². The number of esters is 1. The number of nitrogens with zero attached hydrogens (tertiary/aromatic N) is 1. The van der Waals surface area contributed by atoms with Crippen LogP contribution in [0.15, 0.2) is 5.16 Å². The van der Waals surface area contributed by atoms with Crippen LogP contribution in [0.2, 0.25) is 0 Å². The number of hydrogen-bond donors (Lipinski definition) is 1. The van der Waals surface area contributed by atoms with Crippen LogP contribution in [0.25, 0.3) is 0 Å². The first-order chi connectivity index (χ1) is 6.71. The highest BCUT2D eigenvalue weighted by Crippen LogP contribution is 2.39. The number of ether oxygens (including phenoxy) is 1. The summed E-state index contributed by atoms with van der Waals surface area (Å²) in [6.07, 6.45) is 2.97. The van der Waals surface area contributed by atoms with Gasteiger partial charge in [-0.15, -0.1) is 0 Å². The highest BCUT2D eigenvalue weighted by molar-refractivity contribution is 6.07. The van der Waals surface area contributed by atoms with Crippen LogP contribution < -0.4 is 0 Å². The molecule has 4 nitrogen and oxygen atoms in total. The van der Waals surface area contributed by atoms with Gasteiger partial charge in [-0.05, 0) is 32.6 Å². The molecule has 0 amide bonds. The summed E-state index contributed by atoms with van der Waals surface area (Å²) in [5.74, 6) is -0.243. The Labute approximate surface area is 83.9 Å². The standard InChI is InChI=1S/C10H17NO3/c1-3-10(9(12)14-4-2)7-5-6-8(10)11-13/h13H,3-7H2,1-2H3/b11-8+/t10-/m1/s1. The topological polar surface area (TPSA) is 58.9 Å². The monoisotopic (exact) mass is 199 g/mol. The summed E-state index contributed by atoms with van der Waals surface area (Å²) in [6, 6.07) is 0. The Hall–Kier alpha value is -1.06. The molecule has 0 aliphatic heterocycles. The molecule has 1 aliphatic rings. The van der Waals surface area contributed by atoms with Gasteiger partial charge in [0.1, 0.15) is 5.41 Å². The molecule has 0 bridgehead atoms. The minimum Gasteiger partial charge on any atom is -0.465 e. The fraction of sp³-hybridized carbons (Fsp3) is 0.800. The molecular weight excluding hydrogens is 182 g/mol. The van der Waals surface area contributed by atoms with Gasteiger partial charge < -0.3 is 9.94 Å². The third kappa shape index (κ3) is 1.61. The molecule has 4 heteroatoms. The van der Waals surface area contributed by atoms with Crippen molar-refractivity contribution in [1.29, 1.82) is 0 Å². The van der Waals surface area contributed by atoms with E-state index >= 15 is 0 Å². The smallest absolute Gasteiger partial charge is 0.317 e. The number of oxime groups is 1. The van der Waals surface area contributed by atoms with Gasteiger partial charge in [0, 0.05) is 0 Å². The zero-order valence-electron chi connectivity index (χ0n) is 8.75. The second-order valence-corrected chi connectivity index (χ2v) is 3.56. The predicted octanol–water partition coefficient (Wildman–Crippen LogP) is 1.96. The molecule has 1 saturated carbocycles. The maximum atomic E-state index is 11.8. The fourth-order valence-electron chi connectivity index (χ4n) is 2.10. The summed E-state index contributed by atoms with van der Waals surface area (Å²) < 4.78 is 5.02. The first kappa shape index (κ1) is 11.0. The lowest BCUT2D eigenvalue weighted by Gasteiger charge is -2.24. The van der Waals surface area contributed by atoms with Crippen molar-refractivity contribution in [2.45, 2.75) is 39.5 Å². The van der Waals surface area contributed by atoms with E-state index in [9.17, 15) is 4.79 Å². The first-order valence-corrected chi connectivity index (χ1v) is 5.10. The Bertz CT molecular complexity index is 250. The average Bonchev–Trinajstić information content (AvgIpc) is 2.61. The van der Waals surface area contributed by atoms with Crippen LogP contribution >= 0.6 is 0 Å². The van der Waals surface area contributed by atoms with E-state index in [4.69, 9.17) is 9.94 Å². The summed E-state index contributed by atoms with van der Waals surface area (Å²) in [7, 11) is 0. The molecule has 1 atom stereocenters. The molecule has 0 aromatic heterocycles. The molecule has 0 aromatic rings. The number of carbonyl (C=O) groups is 1. The average molecular weight is 199 g/mol. The van der Waals surface area contributed by atoms with E-state index in [2.05, 4.69) is 5.16 Å². The van der Waals surface area contributed by atoms with Gasteiger partial charge in [0.25, 0.3) is 0 Å². The predicted molar refractivity (Wildman–Crippen MR) is 52.4 cm³/mol. The Kier molecular flexibility index (Phi) is 3.49. The Morgan fingerprint density at radius 2 is 2.36 bits per heavy atom. The van der Waals surface area contributed by atoms with Crippen LogP contribution in [-0.4, -0.2) is 23.5 Å². The van der Waals surface area contributed by atoms with E-state index in [0.717, 1.165) is 12.8 Å². The minimum atomic E-state index is -0.648. The van der Waals surface area contributed by atoms with Crippen molar-refractivity contribution in [2.75, 3.05) is 6.61 Å². The van der Waals surface area contributed by atoms with Gasteiger partial charge in [-0.25, -0.2) is 0 Å². The molecular formula is C10H17NO3. The van der Waals surface area contributed by atoms with Gasteiger partial charge >= 0.3 is 5.97 Å². The van der Waals surface area contributed by atoms with Gasteiger partial charge in [-0.3, -0.25) is 4.79 Å². The van der Waals surface area contributed by atoms with Crippen molar-refractivity contribution in [3.63, 3.8) is 0 Å². The third-order valence-electron chi connectivity index (χ3n) is 2.96. The second-order valence-electron chi connectivity index (χ2n) is 3.56. The van der Waals surface area contributed by atoms with Gasteiger partial charge in [0.2, 0.25) is 0 Å². The summed E-state index contributed by atoms with van der Waals surface area (Å²) >= 11 is 0. The van der Waals surface area contributed by atoms with E-state index in [1.165, 1.54) is 0 Å². The second kappa shape index (κ2) is 4.44. The number of rotatable bonds is 3. The third-order valence-corrected chi connectivity index (χ3v) is 2.96. The molecule has 0 aromatic carbocycles. The fourth-order valence-corrected chi connectivity index (χ4v) is 2.10. The van der Waals surface area contributed by atoms with Crippen molar-refractivity contribution >= 4 is 11.7 Å². The van der Waals surface area contributed by atoms with Crippen molar-refractivity contribution < 1.29 is 14.7 Å². The maximum Gasteiger partial charge on any atom is 0.317 e. The van der Waals surface area contributed by atoms with Crippen molar-refractivity contribution in [3.8, 4) is 0 Å². The van der Waals surface area contributed by atoms with Gasteiger partial charge in [-0.1, -0.05) is 12.1 Å². The Morgan fingerprint density at radius 1 is 1.64 bits per heavy atom. The molecule has 1 N–H and O–H groups in total. The van der Waals surface area contributed by atoms with Gasteiger partial charge in [0.05, 0.1) is 12.3 Å². The number of carbonyl (C=O) groups excluding carboxylic acids is 1. The van der Waals surface area contributed by atoms with Crippen LogP contribution in [0.3, 0.4) is 0 Å². The summed E-state index contributed by atoms with van der Waals surface area (Å²) in [6.45, 7) is 4.08. The van der Waals surface area contributed by atoms with E-state index in [0.29, 0.717) is 25.2 Å². The van der Waals surface area contributed by atoms with Crippen LogP contribution in [-0.2, 0) is 9.53 Å². The summed E-state index contributed by atoms with van der Waals surface area (Å²) in [5.41, 5.74) is -0.0662. The minimum absolute atomic E-state index is 0.243. The van der Waals surface area contributed by atoms with Crippen molar-refractivity contribution in [1.82, 2.24) is 0 Å². The molecule has 0 radical (unpaired) electrons. The van der Waals surface area contributed by atoms with E-state index in [1.807, 2.05) is 6.92 Å². The molecule has 80 valence electrons. The molecule has 1 fully saturated rings. The normalized spacial score (nSPS) is 29.4. The summed E-state index contributed by atoms with van der Waals surface area (Å²) in [5, 5.41) is 12.1. The SMILES string of the molecule is CCOC(=O)[C@]1(CC)CCC/C1=N\O. The van der Waals surface area contributed by atoms with Crippen LogP contribution in [0.1, 0.15) is 39.5 Å². The largest absolute Gasteiger partial charge is 0.465 e. The number of hydrogen-bond acceptors (Lipinski definition) is 4. The zero-order valence-corrected chi connectivity index (χ0v) is 8.75. The van der Waals surface area contributed by atoms with Crippen molar-refractivity contribution in [3.05, 3.63) is 0 Å². The van der Waals surface area contributed by atoms with Crippen molar-refractivity contribution in [2.24, 2.45) is 10.6 Å². The lowest BCUT2D eigenvalue weighted by molar-refractivity contribution is -0.151. The molecule has 0 saturated heterocycles. The van der Waals surface area contributed by atoms with Gasteiger partial charge in [-0.2, -0.15) is 0 Å². The molecule has 0 heterocycles. The molecule has 1 aliphatic carbocycles. The molecule has 0 unspecified atom stereocenters. The quantitative estimate of drug-likeness (QED) is 0.429. The Morgan fingerprint density at radius 3 is 2.86 bits per heavy atom. The van der Waals surface area contributed by atoms with Crippen LogP contribution in [0, 0.1) is 5.41 Å². The summed E-state index contributed by atoms with van der Waals surface area (Å²) in [4.78, 5) is 11.8. The molecule has 14 heavy (non-hydrogen) atoms. The highest BCUT2D eigenvalue weighted by atomic mass is 16.5. The van der Waals surface area contributed by atoms with Crippen LogP contribution in [0.5, 0.6) is 0 Å². The van der Waals surface area contributed by atoms with Crippen LogP contribution in [0.4, 0.5) is 0 Å². The van der Waals surface area contributed by atoms with E-state index in [-0.39, 0.29) is 5.97 Å². The van der Waals surface area contributed by atoms with Gasteiger partial charge in [0.15, 0.2) is 0 Å². The van der Waals surface area contributed by atoms with E-state index in [1.54, 1.807) is 6.92 Å². The maximum absolute atomic E-state index is 11.8. The lowest BCUT2D eigenvalue weighted by atomic mass is 9.82. The lowest BCUT2D eigenvalue weighted by Crippen LogP contribution is -2.36. The first-order valence-electron chi connectivity index (χ1n) is 5.10. The zero-order chi connectivity index (χ0) is 10.6. The molecule has 1 rings (SSSR count).